The Morgan fingerprint density at radius 1 is 1.43 bits per heavy atom. The number of carbonyl (C=O) groups excluding carboxylic acids is 1. The molecule has 152 valence electrons. The minimum absolute atomic E-state index is 0.119. The highest BCUT2D eigenvalue weighted by Crippen LogP contribution is 2.25. The molecule has 1 fully saturated rings. The van der Waals surface area contributed by atoms with Gasteiger partial charge in [0, 0.05) is 24.8 Å². The number of piperidine rings is 1. The van der Waals surface area contributed by atoms with Gasteiger partial charge in [-0.25, -0.2) is 4.98 Å². The number of nitriles is 1. The smallest absolute Gasteiger partial charge is 0.243 e. The average molecular weight is 386 g/mol. The van der Waals surface area contributed by atoms with Crippen LogP contribution in [0.5, 0.6) is 0 Å². The Balaban J connectivity index is 1.77. The molecule has 0 spiro atoms. The van der Waals surface area contributed by atoms with Crippen LogP contribution in [-0.2, 0) is 22.6 Å². The van der Waals surface area contributed by atoms with E-state index < -0.39 is 11.6 Å². The molecule has 7 nitrogen and oxygen atoms in total. The van der Waals surface area contributed by atoms with E-state index in [-0.39, 0.29) is 5.91 Å². The maximum absolute atomic E-state index is 13.2. The molecule has 0 saturated carbocycles. The van der Waals surface area contributed by atoms with Crippen molar-refractivity contribution >= 4 is 11.7 Å². The first-order chi connectivity index (χ1) is 13.4. The summed E-state index contributed by atoms with van der Waals surface area (Å²) >= 11 is 0. The van der Waals surface area contributed by atoms with Gasteiger partial charge in [0.25, 0.3) is 0 Å². The number of amides is 1. The summed E-state index contributed by atoms with van der Waals surface area (Å²) in [6, 6.07) is 3.92. The molecule has 7 heteroatoms. The fraction of sp³-hybridized carbons (Fsp3) is 0.667. The van der Waals surface area contributed by atoms with Crippen molar-refractivity contribution in [3.05, 3.63) is 23.4 Å². The van der Waals surface area contributed by atoms with Crippen LogP contribution in [0.1, 0.15) is 44.2 Å². The van der Waals surface area contributed by atoms with Crippen molar-refractivity contribution < 1.29 is 9.53 Å². The Morgan fingerprint density at radius 3 is 2.86 bits per heavy atom. The largest absolute Gasteiger partial charge is 0.376 e. The van der Waals surface area contributed by atoms with E-state index in [1.54, 1.807) is 6.20 Å². The number of ether oxygens (including phenoxy) is 1. The highest BCUT2D eigenvalue weighted by molar-refractivity contribution is 5.85. The fourth-order valence-electron chi connectivity index (χ4n) is 3.88. The summed E-state index contributed by atoms with van der Waals surface area (Å²) in [4.78, 5) is 19.9. The van der Waals surface area contributed by atoms with Crippen LogP contribution in [0.2, 0.25) is 0 Å². The molecule has 28 heavy (non-hydrogen) atoms. The summed E-state index contributed by atoms with van der Waals surface area (Å²) in [7, 11) is 2.04. The van der Waals surface area contributed by atoms with E-state index in [0.717, 1.165) is 36.5 Å². The van der Waals surface area contributed by atoms with Gasteiger partial charge in [-0.05, 0) is 50.3 Å². The predicted octanol–water partition coefficient (Wildman–Crippen LogP) is 2.09. The zero-order valence-electron chi connectivity index (χ0n) is 17.1. The van der Waals surface area contributed by atoms with Crippen LogP contribution in [0.4, 0.5) is 5.82 Å². The molecular formula is C21H31N5O2. The standard InChI is InChI=1S/C21H31N5O2/c1-15(2)12-18(20(27)25-21(14-22)6-9-26(3)10-7-21)24-19-17-5-11-28-13-16(17)4-8-23-19/h4,8,15,18H,5-7,9-13H2,1-3H3,(H,23,24)(H,25,27). The van der Waals surface area contributed by atoms with Crippen LogP contribution in [0, 0.1) is 17.2 Å². The van der Waals surface area contributed by atoms with Crippen molar-refractivity contribution in [3.63, 3.8) is 0 Å². The molecule has 0 aromatic carbocycles. The molecule has 1 atom stereocenters. The molecule has 3 rings (SSSR count). The molecule has 0 bridgehead atoms. The average Bonchev–Trinajstić information content (AvgIpc) is 2.69. The van der Waals surface area contributed by atoms with Crippen molar-refractivity contribution in [3.8, 4) is 6.07 Å². The van der Waals surface area contributed by atoms with Gasteiger partial charge in [-0.1, -0.05) is 13.8 Å². The predicted molar refractivity (Wildman–Crippen MR) is 108 cm³/mol. The normalized spacial score (nSPS) is 20.1. The molecule has 2 N–H and O–H groups in total. The molecule has 1 amide bonds. The molecule has 3 heterocycles. The van der Waals surface area contributed by atoms with Gasteiger partial charge in [0.05, 0.1) is 19.3 Å². The Hall–Kier alpha value is -2.17. The number of anilines is 1. The SMILES string of the molecule is CC(C)CC(Nc1nccc2c1CCOC2)C(=O)NC1(C#N)CCN(C)CC1. The van der Waals surface area contributed by atoms with Gasteiger partial charge in [0.1, 0.15) is 17.4 Å². The lowest BCUT2D eigenvalue weighted by Crippen LogP contribution is -2.57. The van der Waals surface area contributed by atoms with Crippen molar-refractivity contribution in [2.24, 2.45) is 5.92 Å². The number of pyridine rings is 1. The first-order valence-corrected chi connectivity index (χ1v) is 10.2. The van der Waals surface area contributed by atoms with Gasteiger partial charge in [-0.2, -0.15) is 5.26 Å². The molecular weight excluding hydrogens is 354 g/mol. The number of rotatable bonds is 6. The lowest BCUT2D eigenvalue weighted by Gasteiger charge is -2.37. The first kappa shape index (κ1) is 20.6. The van der Waals surface area contributed by atoms with Gasteiger partial charge in [0.2, 0.25) is 5.91 Å². The van der Waals surface area contributed by atoms with Gasteiger partial charge >= 0.3 is 0 Å². The van der Waals surface area contributed by atoms with Crippen LogP contribution in [0.3, 0.4) is 0 Å². The van der Waals surface area contributed by atoms with E-state index in [1.807, 2.05) is 13.1 Å². The number of carbonyl (C=O) groups is 1. The van der Waals surface area contributed by atoms with Crippen LogP contribution in [0.25, 0.3) is 0 Å². The van der Waals surface area contributed by atoms with Crippen molar-refractivity contribution in [1.82, 2.24) is 15.2 Å². The Kier molecular flexibility index (Phi) is 6.53. The third kappa shape index (κ3) is 4.81. The maximum atomic E-state index is 13.2. The zero-order valence-corrected chi connectivity index (χ0v) is 17.1. The zero-order chi connectivity index (χ0) is 20.1. The monoisotopic (exact) mass is 385 g/mol. The molecule has 1 saturated heterocycles. The minimum atomic E-state index is -0.780. The minimum Gasteiger partial charge on any atom is -0.376 e. The van der Waals surface area contributed by atoms with E-state index in [9.17, 15) is 10.1 Å². The maximum Gasteiger partial charge on any atom is 0.243 e. The Labute approximate surface area is 167 Å². The molecule has 1 aromatic rings. The lowest BCUT2D eigenvalue weighted by molar-refractivity contribution is -0.124. The van der Waals surface area contributed by atoms with Crippen LogP contribution < -0.4 is 10.6 Å². The van der Waals surface area contributed by atoms with Crippen molar-refractivity contribution in [2.45, 2.75) is 57.7 Å². The number of nitrogens with zero attached hydrogens (tertiary/aromatic N) is 3. The highest BCUT2D eigenvalue weighted by atomic mass is 16.5. The number of hydrogen-bond acceptors (Lipinski definition) is 6. The van der Waals surface area contributed by atoms with Gasteiger partial charge in [0.15, 0.2) is 0 Å². The highest BCUT2D eigenvalue weighted by Gasteiger charge is 2.37. The Morgan fingerprint density at radius 2 is 2.18 bits per heavy atom. The summed E-state index contributed by atoms with van der Waals surface area (Å²) in [6.07, 6.45) is 4.52. The molecule has 1 unspecified atom stereocenters. The van der Waals surface area contributed by atoms with Gasteiger partial charge < -0.3 is 20.3 Å². The molecule has 0 radical (unpaired) electrons. The summed E-state index contributed by atoms with van der Waals surface area (Å²) in [5, 5.41) is 16.2. The Bertz CT molecular complexity index is 735. The summed E-state index contributed by atoms with van der Waals surface area (Å²) < 4.78 is 5.53. The van der Waals surface area contributed by atoms with Crippen LogP contribution >= 0.6 is 0 Å². The summed E-state index contributed by atoms with van der Waals surface area (Å²) in [5.41, 5.74) is 1.47. The second-order valence-corrected chi connectivity index (χ2v) is 8.41. The molecule has 2 aliphatic rings. The molecule has 2 aliphatic heterocycles. The molecule has 0 aliphatic carbocycles. The lowest BCUT2D eigenvalue weighted by atomic mass is 9.88. The number of hydrogen-bond donors (Lipinski definition) is 2. The second-order valence-electron chi connectivity index (χ2n) is 8.41. The van der Waals surface area contributed by atoms with E-state index in [4.69, 9.17) is 4.74 Å². The third-order valence-electron chi connectivity index (χ3n) is 5.66. The van der Waals surface area contributed by atoms with Gasteiger partial charge in [-0.15, -0.1) is 0 Å². The van der Waals surface area contributed by atoms with Crippen LogP contribution in [-0.4, -0.2) is 54.1 Å². The van der Waals surface area contributed by atoms with Crippen molar-refractivity contribution in [1.29, 1.82) is 5.26 Å². The van der Waals surface area contributed by atoms with E-state index in [0.29, 0.717) is 38.4 Å². The van der Waals surface area contributed by atoms with Crippen LogP contribution in [0.15, 0.2) is 12.3 Å². The first-order valence-electron chi connectivity index (χ1n) is 10.2. The molecule has 1 aromatic heterocycles. The van der Waals surface area contributed by atoms with E-state index >= 15 is 0 Å². The van der Waals surface area contributed by atoms with E-state index in [1.165, 1.54) is 0 Å². The van der Waals surface area contributed by atoms with E-state index in [2.05, 4.69) is 40.4 Å². The summed E-state index contributed by atoms with van der Waals surface area (Å²) in [6.45, 7) is 7.06. The third-order valence-corrected chi connectivity index (χ3v) is 5.66. The quantitative estimate of drug-likeness (QED) is 0.779. The van der Waals surface area contributed by atoms with Crippen molar-refractivity contribution in [2.75, 3.05) is 32.1 Å². The topological polar surface area (TPSA) is 90.3 Å². The number of aromatic nitrogens is 1. The second kappa shape index (κ2) is 8.89. The fourth-order valence-corrected chi connectivity index (χ4v) is 3.88. The number of nitrogens with one attached hydrogen (secondary N) is 2. The number of fused-ring (bicyclic) bond motifs is 1. The summed E-state index contributed by atoms with van der Waals surface area (Å²) in [5.74, 6) is 0.976. The number of likely N-dealkylation sites (tertiary alicyclic amines) is 1. The van der Waals surface area contributed by atoms with Gasteiger partial charge in [-0.3, -0.25) is 4.79 Å².